The maximum atomic E-state index is 10.7. The molecule has 0 radical (unpaired) electrons. The van der Waals surface area contributed by atoms with Crippen molar-refractivity contribution >= 4 is 28.4 Å². The van der Waals surface area contributed by atoms with Crippen molar-refractivity contribution in [2.24, 2.45) is 5.10 Å². The molecule has 1 aromatic heterocycles. The number of nitrogens with zero attached hydrogens (tertiary/aromatic N) is 4. The Kier molecular flexibility index (Phi) is 5.23. The molecule has 0 saturated carbocycles. The molecule has 8 heteroatoms. The van der Waals surface area contributed by atoms with Gasteiger partial charge in [0.2, 0.25) is 5.13 Å². The van der Waals surface area contributed by atoms with Crippen LogP contribution in [0.3, 0.4) is 0 Å². The van der Waals surface area contributed by atoms with Gasteiger partial charge in [-0.3, -0.25) is 10.1 Å². The molecule has 0 unspecified atom stereocenters. The molecule has 1 heterocycles. The molecule has 26 heavy (non-hydrogen) atoms. The largest absolute Gasteiger partial charge is 0.497 e. The summed E-state index contributed by atoms with van der Waals surface area (Å²) in [6.07, 6.45) is 1.74. The Morgan fingerprint density at radius 2 is 1.88 bits per heavy atom. The number of nitro groups is 1. The molecule has 0 fully saturated rings. The number of ether oxygens (including phenoxy) is 1. The molecular weight excluding hydrogens is 352 g/mol. The van der Waals surface area contributed by atoms with E-state index in [9.17, 15) is 10.1 Å². The van der Waals surface area contributed by atoms with E-state index >= 15 is 0 Å². The molecule has 7 nitrogen and oxygen atoms in total. The van der Waals surface area contributed by atoms with E-state index in [0.717, 1.165) is 27.7 Å². The summed E-state index contributed by atoms with van der Waals surface area (Å²) in [6, 6.07) is 13.9. The molecule has 0 amide bonds. The van der Waals surface area contributed by atoms with Gasteiger partial charge in [0.25, 0.3) is 5.69 Å². The van der Waals surface area contributed by atoms with Crippen molar-refractivity contribution in [3.05, 3.63) is 69.6 Å². The lowest BCUT2D eigenvalue weighted by Gasteiger charge is -2.08. The molecule has 0 bridgehead atoms. The number of methoxy groups -OCH3 is 1. The minimum Gasteiger partial charge on any atom is -0.497 e. The van der Waals surface area contributed by atoms with E-state index in [-0.39, 0.29) is 5.69 Å². The average molecular weight is 368 g/mol. The van der Waals surface area contributed by atoms with Crippen molar-refractivity contribution < 1.29 is 9.66 Å². The number of hydrazone groups is 1. The average Bonchev–Trinajstić information content (AvgIpc) is 3.17. The van der Waals surface area contributed by atoms with Crippen LogP contribution in [0.4, 0.5) is 10.8 Å². The molecule has 0 N–H and O–H groups in total. The molecule has 0 aliphatic rings. The fourth-order valence-corrected chi connectivity index (χ4v) is 2.95. The summed E-state index contributed by atoms with van der Waals surface area (Å²) in [6.45, 7) is 0. The highest BCUT2D eigenvalue weighted by atomic mass is 32.1. The number of aromatic nitrogens is 1. The third kappa shape index (κ3) is 4.04. The van der Waals surface area contributed by atoms with Crippen LogP contribution >= 0.6 is 11.3 Å². The van der Waals surface area contributed by atoms with Gasteiger partial charge in [-0.05, 0) is 42.0 Å². The number of thiazole rings is 1. The minimum atomic E-state index is -0.419. The van der Waals surface area contributed by atoms with Gasteiger partial charge >= 0.3 is 0 Å². The number of hydrogen-bond donors (Lipinski definition) is 0. The fraction of sp³-hybridized carbons (Fsp3) is 0.111. The van der Waals surface area contributed by atoms with Crippen LogP contribution in [0.1, 0.15) is 5.56 Å². The lowest BCUT2D eigenvalue weighted by molar-refractivity contribution is -0.384. The standard InChI is InChI=1S/C18H16N4O3S/c1-21(19-11-13-3-9-16(25-2)10-4-13)18-20-17(12-26-18)14-5-7-15(8-6-14)22(23)24/h3-12H,1-2H3/b19-11-. The number of nitro benzene ring substituents is 1. The summed E-state index contributed by atoms with van der Waals surface area (Å²) in [5.41, 5.74) is 2.59. The second-order valence-corrected chi connectivity index (χ2v) is 6.20. The first-order valence-corrected chi connectivity index (χ1v) is 8.57. The van der Waals surface area contributed by atoms with E-state index in [2.05, 4.69) is 10.1 Å². The summed E-state index contributed by atoms with van der Waals surface area (Å²) < 4.78 is 5.13. The molecular formula is C18H16N4O3S. The zero-order chi connectivity index (χ0) is 18.5. The first-order chi connectivity index (χ1) is 12.6. The van der Waals surface area contributed by atoms with E-state index in [1.54, 1.807) is 30.5 Å². The Labute approximate surface area is 154 Å². The van der Waals surface area contributed by atoms with Crippen LogP contribution in [-0.2, 0) is 0 Å². The summed E-state index contributed by atoms with van der Waals surface area (Å²) in [5, 5.41) is 19.4. The Morgan fingerprint density at radius 1 is 1.19 bits per heavy atom. The third-order valence-corrected chi connectivity index (χ3v) is 4.55. The van der Waals surface area contributed by atoms with Crippen LogP contribution < -0.4 is 9.75 Å². The normalized spacial score (nSPS) is 10.8. The number of hydrogen-bond acceptors (Lipinski definition) is 7. The molecule has 0 spiro atoms. The number of benzene rings is 2. The highest BCUT2D eigenvalue weighted by Crippen LogP contribution is 2.28. The topological polar surface area (TPSA) is 80.9 Å². The fourth-order valence-electron chi connectivity index (χ4n) is 2.19. The summed E-state index contributed by atoms with van der Waals surface area (Å²) in [7, 11) is 3.44. The van der Waals surface area contributed by atoms with Gasteiger partial charge in [0, 0.05) is 30.1 Å². The van der Waals surface area contributed by atoms with Crippen LogP contribution in [0.25, 0.3) is 11.3 Å². The van der Waals surface area contributed by atoms with Crippen molar-refractivity contribution in [2.75, 3.05) is 19.2 Å². The van der Waals surface area contributed by atoms with Crippen molar-refractivity contribution in [1.29, 1.82) is 0 Å². The maximum Gasteiger partial charge on any atom is 0.269 e. The van der Waals surface area contributed by atoms with Gasteiger partial charge in [-0.2, -0.15) is 5.10 Å². The van der Waals surface area contributed by atoms with Gasteiger partial charge in [0.15, 0.2) is 0 Å². The van der Waals surface area contributed by atoms with Crippen LogP contribution in [0.2, 0.25) is 0 Å². The van der Waals surface area contributed by atoms with Gasteiger partial charge in [-0.1, -0.05) is 0 Å². The SMILES string of the molecule is COc1ccc(/C=N\N(C)c2nc(-c3ccc([N+](=O)[O-])cc3)cs2)cc1. The monoisotopic (exact) mass is 368 g/mol. The van der Waals surface area contributed by atoms with Gasteiger partial charge in [0.1, 0.15) is 5.75 Å². The van der Waals surface area contributed by atoms with Crippen LogP contribution in [0.5, 0.6) is 5.75 Å². The predicted octanol–water partition coefficient (Wildman–Crippen LogP) is 4.20. The third-order valence-electron chi connectivity index (χ3n) is 3.64. The van der Waals surface area contributed by atoms with E-state index in [1.165, 1.54) is 23.5 Å². The zero-order valence-corrected chi connectivity index (χ0v) is 15.0. The Hall–Kier alpha value is -3.26. The Bertz CT molecular complexity index is 920. The summed E-state index contributed by atoms with van der Waals surface area (Å²) in [4.78, 5) is 14.8. The number of non-ortho nitro benzene ring substituents is 1. The van der Waals surface area contributed by atoms with Crippen LogP contribution in [-0.4, -0.2) is 30.3 Å². The first kappa shape index (κ1) is 17.6. The minimum absolute atomic E-state index is 0.0606. The highest BCUT2D eigenvalue weighted by molar-refractivity contribution is 7.14. The molecule has 3 rings (SSSR count). The highest BCUT2D eigenvalue weighted by Gasteiger charge is 2.10. The molecule has 2 aromatic carbocycles. The quantitative estimate of drug-likeness (QED) is 0.370. The van der Waals surface area contributed by atoms with Crippen LogP contribution in [0, 0.1) is 10.1 Å². The molecule has 0 atom stereocenters. The Balaban J connectivity index is 1.71. The van der Waals surface area contributed by atoms with Gasteiger partial charge in [0.05, 0.1) is 23.9 Å². The second kappa shape index (κ2) is 7.75. The predicted molar refractivity (Wildman–Crippen MR) is 103 cm³/mol. The Morgan fingerprint density at radius 3 is 2.50 bits per heavy atom. The van der Waals surface area contributed by atoms with E-state index in [1.807, 2.05) is 36.7 Å². The van der Waals surface area contributed by atoms with E-state index in [4.69, 9.17) is 4.74 Å². The lowest BCUT2D eigenvalue weighted by Crippen LogP contribution is -2.08. The smallest absolute Gasteiger partial charge is 0.269 e. The van der Waals surface area contributed by atoms with Gasteiger partial charge in [-0.15, -0.1) is 11.3 Å². The lowest BCUT2D eigenvalue weighted by atomic mass is 10.1. The van der Waals surface area contributed by atoms with Crippen molar-refractivity contribution in [3.8, 4) is 17.0 Å². The molecule has 0 aliphatic heterocycles. The van der Waals surface area contributed by atoms with E-state index < -0.39 is 4.92 Å². The number of anilines is 1. The molecule has 132 valence electrons. The van der Waals surface area contributed by atoms with Gasteiger partial charge in [-0.25, -0.2) is 9.99 Å². The van der Waals surface area contributed by atoms with Gasteiger partial charge < -0.3 is 4.74 Å². The second-order valence-electron chi connectivity index (χ2n) is 5.36. The molecule has 3 aromatic rings. The molecule has 0 aliphatic carbocycles. The zero-order valence-electron chi connectivity index (χ0n) is 14.2. The van der Waals surface area contributed by atoms with E-state index in [0.29, 0.717) is 0 Å². The number of rotatable bonds is 6. The maximum absolute atomic E-state index is 10.7. The van der Waals surface area contributed by atoms with Crippen LogP contribution in [0.15, 0.2) is 59.0 Å². The molecule has 0 saturated heterocycles. The first-order valence-electron chi connectivity index (χ1n) is 7.69. The van der Waals surface area contributed by atoms with Crippen molar-refractivity contribution in [3.63, 3.8) is 0 Å². The van der Waals surface area contributed by atoms with Crippen molar-refractivity contribution in [1.82, 2.24) is 4.98 Å². The summed E-state index contributed by atoms with van der Waals surface area (Å²) >= 11 is 1.45. The van der Waals surface area contributed by atoms with Crippen molar-refractivity contribution in [2.45, 2.75) is 0 Å². The summed E-state index contributed by atoms with van der Waals surface area (Å²) in [5.74, 6) is 0.795.